The molecule has 5 saturated carbocycles. The van der Waals surface area contributed by atoms with Gasteiger partial charge in [-0.25, -0.2) is 0 Å². The Labute approximate surface area is 256 Å². The van der Waals surface area contributed by atoms with Crippen LogP contribution in [0, 0.1) is 44.8 Å². The third-order valence-corrected chi connectivity index (χ3v) is 12.2. The van der Waals surface area contributed by atoms with Gasteiger partial charge in [0.05, 0.1) is 16.9 Å². The summed E-state index contributed by atoms with van der Waals surface area (Å²) in [5.41, 5.74) is -3.46. The van der Waals surface area contributed by atoms with Gasteiger partial charge in [0.1, 0.15) is 0 Å². The van der Waals surface area contributed by atoms with Crippen molar-refractivity contribution in [2.75, 3.05) is 0 Å². The molecule has 5 aliphatic carbocycles. The first-order chi connectivity index (χ1) is 20.0. The van der Waals surface area contributed by atoms with Crippen molar-refractivity contribution in [2.45, 2.75) is 93.6 Å². The van der Waals surface area contributed by atoms with Gasteiger partial charge in [-0.2, -0.15) is 0 Å². The van der Waals surface area contributed by atoms with Crippen LogP contribution in [0.15, 0.2) is 65.8 Å². The number of carbonyl (C=O) groups is 4. The van der Waals surface area contributed by atoms with Crippen LogP contribution in [-0.2, 0) is 14.4 Å². The number of Topliss-reactive ketones (excluding diaryl/α,β-unsaturated/α-hetero) is 4. The Morgan fingerprint density at radius 1 is 0.930 bits per heavy atom. The van der Waals surface area contributed by atoms with Crippen LogP contribution in [0.3, 0.4) is 0 Å². The predicted molar refractivity (Wildman–Crippen MR) is 168 cm³/mol. The second kappa shape index (κ2) is 10.1. The second-order valence-electron chi connectivity index (χ2n) is 15.5. The lowest BCUT2D eigenvalue weighted by atomic mass is 9.24. The van der Waals surface area contributed by atoms with Gasteiger partial charge >= 0.3 is 0 Å². The lowest BCUT2D eigenvalue weighted by molar-refractivity contribution is -0.245. The molecule has 5 heteroatoms. The lowest BCUT2D eigenvalue weighted by Gasteiger charge is -2.74. The average molecular weight is 585 g/mol. The molecule has 5 nitrogen and oxygen atoms in total. The number of ketones is 4. The van der Waals surface area contributed by atoms with E-state index in [0.717, 1.165) is 24.0 Å². The normalized spacial score (nSPS) is 37.2. The third kappa shape index (κ3) is 3.85. The smallest absolute Gasteiger partial charge is 0.184 e. The minimum Gasteiger partial charge on any atom is -0.392 e. The summed E-state index contributed by atoms with van der Waals surface area (Å²) in [6, 6.07) is 8.58. The SMILES string of the molecule is C=C(C)[C@@H]1C[C@@]23C(=O)[C@@]4(C/C=C(\C)CCC=C(C)C)C[C@H]([C@H]2[C@H](O)C1(C)C)C(C)(C)[C@](C(=O)c1ccccc1)(C4=O)C3=O. The van der Waals surface area contributed by atoms with Crippen molar-refractivity contribution in [3.05, 3.63) is 71.3 Å². The van der Waals surface area contributed by atoms with Gasteiger partial charge in [0.25, 0.3) is 0 Å². The van der Waals surface area contributed by atoms with Crippen LogP contribution >= 0.6 is 0 Å². The van der Waals surface area contributed by atoms with Crippen molar-refractivity contribution in [2.24, 2.45) is 44.8 Å². The molecule has 7 atom stereocenters. The van der Waals surface area contributed by atoms with Crippen LogP contribution in [0.2, 0.25) is 0 Å². The van der Waals surface area contributed by atoms with Gasteiger partial charge in [-0.3, -0.25) is 19.2 Å². The number of hydrogen-bond donors (Lipinski definition) is 1. The summed E-state index contributed by atoms with van der Waals surface area (Å²) in [7, 11) is 0. The van der Waals surface area contributed by atoms with Crippen molar-refractivity contribution in [3.63, 3.8) is 0 Å². The van der Waals surface area contributed by atoms with Gasteiger partial charge in [0, 0.05) is 11.5 Å². The molecule has 0 heterocycles. The number of allylic oxidation sites excluding steroid dienone is 5. The van der Waals surface area contributed by atoms with Gasteiger partial charge in [-0.05, 0) is 82.5 Å². The van der Waals surface area contributed by atoms with Gasteiger partial charge in [-0.15, -0.1) is 0 Å². The quantitative estimate of drug-likeness (QED) is 0.197. The van der Waals surface area contributed by atoms with Gasteiger partial charge in [0.2, 0.25) is 0 Å². The molecule has 0 aliphatic heterocycles. The number of carbonyl (C=O) groups excluding carboxylic acids is 4. The molecule has 5 aliphatic rings. The summed E-state index contributed by atoms with van der Waals surface area (Å²) < 4.78 is 0. The topological polar surface area (TPSA) is 88.5 Å². The van der Waals surface area contributed by atoms with E-state index in [1.54, 1.807) is 30.3 Å². The van der Waals surface area contributed by atoms with Gasteiger partial charge in [-0.1, -0.05) is 93.5 Å². The summed E-state index contributed by atoms with van der Waals surface area (Å²) in [5, 5.41) is 12.1. The maximum Gasteiger partial charge on any atom is 0.184 e. The highest BCUT2D eigenvalue weighted by Crippen LogP contribution is 2.78. The van der Waals surface area contributed by atoms with Crippen LogP contribution in [0.25, 0.3) is 0 Å². The number of benzene rings is 1. The molecule has 1 aromatic carbocycles. The van der Waals surface area contributed by atoms with E-state index >= 15 is 14.4 Å². The van der Waals surface area contributed by atoms with E-state index in [9.17, 15) is 9.90 Å². The maximum absolute atomic E-state index is 15.3. The Hall–Kier alpha value is -2.92. The standard InChI is InChI=1S/C38H48O5/c1-22(2)14-13-15-24(5)18-19-36-20-27-28-30(40)34(6,7)26(23(3)4)21-37(28,31(36)41)33(43)38(32(36)42,35(27,8)9)29(39)25-16-11-10-12-17-25/h10-12,14,16-18,26-28,30,40H,3,13,15,19-21H2,1-2,4-9H3/b24-18+/t26-,27+,28-,30-,36+,37-,38+/m0/s1. The summed E-state index contributed by atoms with van der Waals surface area (Å²) in [6.07, 6.45) is 5.41. The zero-order valence-corrected chi connectivity index (χ0v) is 27.2. The van der Waals surface area contributed by atoms with E-state index in [-0.39, 0.29) is 36.9 Å². The van der Waals surface area contributed by atoms with Crippen molar-refractivity contribution in [1.29, 1.82) is 0 Å². The Balaban J connectivity index is 1.76. The number of aliphatic hydroxyl groups is 1. The minimum absolute atomic E-state index is 0.167. The van der Waals surface area contributed by atoms with Crippen molar-refractivity contribution >= 4 is 23.1 Å². The van der Waals surface area contributed by atoms with Crippen LogP contribution in [-0.4, -0.2) is 34.3 Å². The van der Waals surface area contributed by atoms with Crippen LogP contribution in [0.4, 0.5) is 0 Å². The number of hydrogen-bond acceptors (Lipinski definition) is 5. The predicted octanol–water partition coefficient (Wildman–Crippen LogP) is 7.29. The molecule has 6 rings (SSSR count). The van der Waals surface area contributed by atoms with Crippen molar-refractivity contribution in [1.82, 2.24) is 0 Å². The van der Waals surface area contributed by atoms with Gasteiger partial charge < -0.3 is 5.11 Å². The van der Waals surface area contributed by atoms with Crippen LogP contribution < -0.4 is 0 Å². The molecule has 43 heavy (non-hydrogen) atoms. The molecule has 230 valence electrons. The average Bonchev–Trinajstić information content (AvgIpc) is 2.93. The van der Waals surface area contributed by atoms with E-state index < -0.39 is 56.4 Å². The molecule has 1 aromatic rings. The largest absolute Gasteiger partial charge is 0.392 e. The maximum atomic E-state index is 15.3. The Bertz CT molecular complexity index is 1470. The number of rotatable bonds is 8. The monoisotopic (exact) mass is 584 g/mol. The van der Waals surface area contributed by atoms with E-state index in [0.29, 0.717) is 5.56 Å². The van der Waals surface area contributed by atoms with Crippen molar-refractivity contribution in [3.8, 4) is 0 Å². The first-order valence-corrected chi connectivity index (χ1v) is 15.8. The fraction of sp³-hybridized carbons (Fsp3) is 0.579. The first kappa shape index (κ1) is 31.5. The fourth-order valence-corrected chi connectivity index (χ4v) is 9.82. The molecule has 4 bridgehead atoms. The fourth-order valence-electron chi connectivity index (χ4n) is 9.82. The highest BCUT2D eigenvalue weighted by Gasteiger charge is 2.89. The number of aliphatic hydroxyl groups excluding tert-OH is 1. The second-order valence-corrected chi connectivity index (χ2v) is 15.5. The molecule has 0 saturated heterocycles. The van der Waals surface area contributed by atoms with Gasteiger partial charge in [0.15, 0.2) is 28.5 Å². The molecule has 0 amide bonds. The Morgan fingerprint density at radius 3 is 2.14 bits per heavy atom. The molecule has 0 unspecified atom stereocenters. The molecular weight excluding hydrogens is 536 g/mol. The molecule has 5 fully saturated rings. The summed E-state index contributed by atoms with van der Waals surface area (Å²) in [6.45, 7) is 19.9. The molecule has 0 aromatic heterocycles. The summed E-state index contributed by atoms with van der Waals surface area (Å²) in [5.74, 6) is -3.39. The first-order valence-electron chi connectivity index (χ1n) is 15.8. The zero-order chi connectivity index (χ0) is 31.9. The Kier molecular flexibility index (Phi) is 7.37. The highest BCUT2D eigenvalue weighted by molar-refractivity contribution is 6.42. The lowest BCUT2D eigenvalue weighted by Crippen LogP contribution is -2.86. The van der Waals surface area contributed by atoms with Crippen molar-refractivity contribution < 1.29 is 24.3 Å². The third-order valence-electron chi connectivity index (χ3n) is 12.2. The zero-order valence-electron chi connectivity index (χ0n) is 27.2. The van der Waals surface area contributed by atoms with E-state index in [4.69, 9.17) is 0 Å². The summed E-state index contributed by atoms with van der Waals surface area (Å²) >= 11 is 0. The minimum atomic E-state index is -2.01. The van der Waals surface area contributed by atoms with E-state index in [1.165, 1.54) is 5.57 Å². The van der Waals surface area contributed by atoms with E-state index in [2.05, 4.69) is 26.5 Å². The highest BCUT2D eigenvalue weighted by atomic mass is 16.3. The van der Waals surface area contributed by atoms with Crippen LogP contribution in [0.1, 0.15) is 97.9 Å². The van der Waals surface area contributed by atoms with Crippen LogP contribution in [0.5, 0.6) is 0 Å². The molecular formula is C38H48O5. The summed E-state index contributed by atoms with van der Waals surface area (Å²) in [4.78, 5) is 60.2. The molecule has 1 spiro atoms. The molecule has 1 N–H and O–H groups in total. The molecule has 0 radical (unpaired) electrons. The Morgan fingerprint density at radius 2 is 1.56 bits per heavy atom. The van der Waals surface area contributed by atoms with E-state index in [1.807, 2.05) is 47.6 Å².